The van der Waals surface area contributed by atoms with Crippen molar-refractivity contribution in [2.45, 2.75) is 20.3 Å². The molecule has 1 amide bonds. The maximum atomic E-state index is 12.0. The van der Waals surface area contributed by atoms with Crippen molar-refractivity contribution in [3.8, 4) is 0 Å². The molecule has 1 fully saturated rings. The van der Waals surface area contributed by atoms with Crippen molar-refractivity contribution >= 4 is 5.91 Å². The summed E-state index contributed by atoms with van der Waals surface area (Å²) in [6.45, 7) is 10.6. The molecule has 0 aromatic heterocycles. The lowest BCUT2D eigenvalue weighted by molar-refractivity contribution is -0.122. The third-order valence-electron chi connectivity index (χ3n) is 3.31. The van der Waals surface area contributed by atoms with Gasteiger partial charge in [0.1, 0.15) is 0 Å². The number of rotatable bonds is 6. The number of carbonyl (C=O) groups is 1. The molecule has 0 aromatic carbocycles. The van der Waals surface area contributed by atoms with E-state index in [1.54, 1.807) is 0 Å². The minimum atomic E-state index is 0.111. The zero-order valence-corrected chi connectivity index (χ0v) is 13.0. The normalized spacial score (nSPS) is 18.4. The smallest absolute Gasteiger partial charge is 0.234 e. The van der Waals surface area contributed by atoms with Crippen molar-refractivity contribution < 1.29 is 4.79 Å². The van der Waals surface area contributed by atoms with Gasteiger partial charge >= 0.3 is 0 Å². The largest absolute Gasteiger partial charge is 0.354 e. The zero-order valence-electron chi connectivity index (χ0n) is 13.0. The second-order valence-corrected chi connectivity index (χ2v) is 6.56. The molecule has 0 atom stereocenters. The van der Waals surface area contributed by atoms with Crippen molar-refractivity contribution in [1.29, 1.82) is 0 Å². The van der Waals surface area contributed by atoms with Crippen LogP contribution in [0.1, 0.15) is 20.3 Å². The molecule has 1 heterocycles. The SMILES string of the molecule is CN(C)CC(C)(C)CNC(=O)CN1CCCNCC1. The molecular weight excluding hydrogens is 240 g/mol. The predicted molar refractivity (Wildman–Crippen MR) is 79.3 cm³/mol. The van der Waals surface area contributed by atoms with E-state index in [1.165, 1.54) is 0 Å². The molecule has 0 unspecified atom stereocenters. The fourth-order valence-electron chi connectivity index (χ4n) is 2.57. The average Bonchev–Trinajstić information content (AvgIpc) is 2.53. The van der Waals surface area contributed by atoms with Crippen LogP contribution in [0.15, 0.2) is 0 Å². The van der Waals surface area contributed by atoms with E-state index >= 15 is 0 Å². The summed E-state index contributed by atoms with van der Waals surface area (Å²) in [6.07, 6.45) is 1.12. The first-order valence-corrected chi connectivity index (χ1v) is 7.23. The molecule has 112 valence electrons. The number of carbonyl (C=O) groups excluding carboxylic acids is 1. The van der Waals surface area contributed by atoms with Gasteiger partial charge in [-0.25, -0.2) is 0 Å². The van der Waals surface area contributed by atoms with Gasteiger partial charge in [0.15, 0.2) is 0 Å². The van der Waals surface area contributed by atoms with Gasteiger partial charge in [-0.2, -0.15) is 0 Å². The van der Waals surface area contributed by atoms with E-state index in [2.05, 4.69) is 48.4 Å². The Labute approximate surface area is 117 Å². The monoisotopic (exact) mass is 270 g/mol. The molecule has 0 saturated carbocycles. The number of nitrogens with one attached hydrogen (secondary N) is 2. The molecule has 1 aliphatic rings. The maximum absolute atomic E-state index is 12.0. The predicted octanol–water partition coefficient (Wildman–Crippen LogP) is -0.0143. The number of hydrogen-bond donors (Lipinski definition) is 2. The molecule has 2 N–H and O–H groups in total. The first-order chi connectivity index (χ1) is 8.89. The first kappa shape index (κ1) is 16.4. The lowest BCUT2D eigenvalue weighted by Crippen LogP contribution is -2.44. The van der Waals surface area contributed by atoms with Crippen LogP contribution < -0.4 is 10.6 Å². The molecule has 19 heavy (non-hydrogen) atoms. The fourth-order valence-corrected chi connectivity index (χ4v) is 2.57. The van der Waals surface area contributed by atoms with Gasteiger partial charge in [0, 0.05) is 26.2 Å². The van der Waals surface area contributed by atoms with E-state index in [1.807, 2.05) is 0 Å². The Morgan fingerprint density at radius 2 is 2.05 bits per heavy atom. The molecule has 5 heteroatoms. The van der Waals surface area contributed by atoms with Crippen LogP contribution in [0.3, 0.4) is 0 Å². The van der Waals surface area contributed by atoms with Gasteiger partial charge in [-0.3, -0.25) is 9.69 Å². The highest BCUT2D eigenvalue weighted by molar-refractivity contribution is 5.78. The van der Waals surface area contributed by atoms with Gasteiger partial charge < -0.3 is 15.5 Å². The van der Waals surface area contributed by atoms with Crippen LogP contribution in [0.25, 0.3) is 0 Å². The summed E-state index contributed by atoms with van der Waals surface area (Å²) in [7, 11) is 4.13. The molecule has 0 aromatic rings. The van der Waals surface area contributed by atoms with Gasteiger partial charge in [-0.1, -0.05) is 13.8 Å². The van der Waals surface area contributed by atoms with E-state index < -0.39 is 0 Å². The number of hydrogen-bond acceptors (Lipinski definition) is 4. The molecule has 0 bridgehead atoms. The summed E-state index contributed by atoms with van der Waals surface area (Å²) < 4.78 is 0. The van der Waals surface area contributed by atoms with Crippen LogP contribution in [-0.4, -0.2) is 75.6 Å². The Balaban J connectivity index is 2.26. The molecule has 0 spiro atoms. The van der Waals surface area contributed by atoms with E-state index in [0.29, 0.717) is 6.54 Å². The lowest BCUT2D eigenvalue weighted by Gasteiger charge is -2.29. The third kappa shape index (κ3) is 7.50. The standard InChI is InChI=1S/C14H30N4O/c1-14(2,12-17(3)4)11-16-13(19)10-18-8-5-6-15-7-9-18/h15H,5-12H2,1-4H3,(H,16,19). The quantitative estimate of drug-likeness (QED) is 0.712. The molecule has 0 radical (unpaired) electrons. The third-order valence-corrected chi connectivity index (χ3v) is 3.31. The highest BCUT2D eigenvalue weighted by Gasteiger charge is 2.20. The van der Waals surface area contributed by atoms with Crippen LogP contribution >= 0.6 is 0 Å². The summed E-state index contributed by atoms with van der Waals surface area (Å²) >= 11 is 0. The second-order valence-electron chi connectivity index (χ2n) is 6.56. The molecule has 1 saturated heterocycles. The van der Waals surface area contributed by atoms with Crippen molar-refractivity contribution in [3.63, 3.8) is 0 Å². The first-order valence-electron chi connectivity index (χ1n) is 7.23. The maximum Gasteiger partial charge on any atom is 0.234 e. The second kappa shape index (κ2) is 7.82. The van der Waals surface area contributed by atoms with Crippen molar-refractivity contribution in [3.05, 3.63) is 0 Å². The summed E-state index contributed by atoms with van der Waals surface area (Å²) in [5.41, 5.74) is 0.111. The number of nitrogens with zero attached hydrogens (tertiary/aromatic N) is 2. The Morgan fingerprint density at radius 3 is 2.74 bits per heavy atom. The molecule has 5 nitrogen and oxygen atoms in total. The fraction of sp³-hybridized carbons (Fsp3) is 0.929. The Bertz CT molecular complexity index is 271. The van der Waals surface area contributed by atoms with E-state index in [9.17, 15) is 4.79 Å². The zero-order chi connectivity index (χ0) is 14.3. The summed E-state index contributed by atoms with van der Waals surface area (Å²) in [4.78, 5) is 16.4. The van der Waals surface area contributed by atoms with Crippen molar-refractivity contribution in [2.24, 2.45) is 5.41 Å². The van der Waals surface area contributed by atoms with Gasteiger partial charge in [-0.15, -0.1) is 0 Å². The summed E-state index contributed by atoms with van der Waals surface area (Å²) in [5, 5.41) is 6.42. The summed E-state index contributed by atoms with van der Waals surface area (Å²) in [6, 6.07) is 0. The van der Waals surface area contributed by atoms with Gasteiger partial charge in [-0.05, 0) is 39.0 Å². The van der Waals surface area contributed by atoms with E-state index in [4.69, 9.17) is 0 Å². The average molecular weight is 270 g/mol. The Hall–Kier alpha value is -0.650. The van der Waals surface area contributed by atoms with Crippen LogP contribution in [-0.2, 0) is 4.79 Å². The van der Waals surface area contributed by atoms with E-state index in [0.717, 1.165) is 45.7 Å². The lowest BCUT2D eigenvalue weighted by atomic mass is 9.93. The molecular formula is C14H30N4O. The highest BCUT2D eigenvalue weighted by Crippen LogP contribution is 2.13. The highest BCUT2D eigenvalue weighted by atomic mass is 16.2. The Kier molecular flexibility index (Phi) is 6.75. The minimum absolute atomic E-state index is 0.111. The summed E-state index contributed by atoms with van der Waals surface area (Å²) in [5.74, 6) is 0.147. The number of amides is 1. The van der Waals surface area contributed by atoms with Crippen molar-refractivity contribution in [2.75, 3.05) is 59.9 Å². The van der Waals surface area contributed by atoms with Crippen LogP contribution in [0.2, 0.25) is 0 Å². The van der Waals surface area contributed by atoms with E-state index in [-0.39, 0.29) is 11.3 Å². The van der Waals surface area contributed by atoms with Crippen LogP contribution in [0, 0.1) is 5.41 Å². The van der Waals surface area contributed by atoms with Crippen LogP contribution in [0.4, 0.5) is 0 Å². The topological polar surface area (TPSA) is 47.6 Å². The molecule has 1 aliphatic heterocycles. The van der Waals surface area contributed by atoms with Crippen molar-refractivity contribution in [1.82, 2.24) is 20.4 Å². The molecule has 0 aliphatic carbocycles. The van der Waals surface area contributed by atoms with Crippen LogP contribution in [0.5, 0.6) is 0 Å². The Morgan fingerprint density at radius 1 is 1.32 bits per heavy atom. The van der Waals surface area contributed by atoms with Gasteiger partial charge in [0.25, 0.3) is 0 Å². The van der Waals surface area contributed by atoms with Gasteiger partial charge in [0.2, 0.25) is 5.91 Å². The minimum Gasteiger partial charge on any atom is -0.354 e. The molecule has 1 rings (SSSR count). The van der Waals surface area contributed by atoms with Gasteiger partial charge in [0.05, 0.1) is 6.54 Å².